The number of rotatable bonds is 9. The van der Waals surface area contributed by atoms with Crippen LogP contribution in [0.25, 0.3) is 0 Å². The monoisotopic (exact) mass is 397 g/mol. The summed E-state index contributed by atoms with van der Waals surface area (Å²) in [5.41, 5.74) is 0.881. The minimum atomic E-state index is -0.535. The van der Waals surface area contributed by atoms with Gasteiger partial charge < -0.3 is 9.64 Å². The zero-order valence-electron chi connectivity index (χ0n) is 15.6. The molecule has 1 heterocycles. The molecule has 1 saturated heterocycles. The number of ether oxygens (including phenoxy) is 1. The molecule has 0 aromatic heterocycles. The minimum Gasteiger partial charge on any atom is -0.464 e. The highest BCUT2D eigenvalue weighted by atomic mass is 35.5. The summed E-state index contributed by atoms with van der Waals surface area (Å²) in [7, 11) is 0. The molecule has 1 aromatic rings. The fourth-order valence-corrected chi connectivity index (χ4v) is 4.75. The SMILES string of the molecule is CCCCCC(=O)N1[C@@H](c2ccccc2Cl)SC[C@H]1C(=O)OCCCC. The van der Waals surface area contributed by atoms with Gasteiger partial charge in [0.25, 0.3) is 0 Å². The number of hydrogen-bond acceptors (Lipinski definition) is 4. The van der Waals surface area contributed by atoms with Crippen LogP contribution in [0.15, 0.2) is 24.3 Å². The van der Waals surface area contributed by atoms with E-state index in [1.54, 1.807) is 16.7 Å². The van der Waals surface area contributed by atoms with E-state index < -0.39 is 6.04 Å². The van der Waals surface area contributed by atoms with Crippen molar-refractivity contribution in [3.63, 3.8) is 0 Å². The molecule has 0 unspecified atom stereocenters. The van der Waals surface area contributed by atoms with Crippen molar-refractivity contribution in [2.24, 2.45) is 0 Å². The van der Waals surface area contributed by atoms with Gasteiger partial charge in [0.1, 0.15) is 11.4 Å². The van der Waals surface area contributed by atoms with E-state index in [0.717, 1.165) is 37.7 Å². The largest absolute Gasteiger partial charge is 0.464 e. The Hall–Kier alpha value is -1.20. The second-order valence-corrected chi connectivity index (χ2v) is 8.02. The molecular weight excluding hydrogens is 370 g/mol. The van der Waals surface area contributed by atoms with Crippen LogP contribution < -0.4 is 0 Å². The Balaban J connectivity index is 2.18. The van der Waals surface area contributed by atoms with Crippen LogP contribution in [-0.4, -0.2) is 35.2 Å². The number of carbonyl (C=O) groups is 2. The van der Waals surface area contributed by atoms with E-state index in [4.69, 9.17) is 16.3 Å². The molecule has 0 radical (unpaired) electrons. The average Bonchev–Trinajstić information content (AvgIpc) is 3.07. The molecule has 0 aliphatic carbocycles. The summed E-state index contributed by atoms with van der Waals surface area (Å²) in [6.45, 7) is 4.57. The molecule has 1 fully saturated rings. The van der Waals surface area contributed by atoms with Gasteiger partial charge in [-0.2, -0.15) is 0 Å². The van der Waals surface area contributed by atoms with E-state index in [1.165, 1.54) is 0 Å². The number of esters is 1. The van der Waals surface area contributed by atoms with Crippen molar-refractivity contribution < 1.29 is 14.3 Å². The Labute approximate surface area is 165 Å². The maximum atomic E-state index is 12.9. The lowest BCUT2D eigenvalue weighted by atomic mass is 10.1. The number of nitrogens with zero attached hydrogens (tertiary/aromatic N) is 1. The number of amides is 1. The second kappa shape index (κ2) is 10.8. The molecule has 4 nitrogen and oxygen atoms in total. The smallest absolute Gasteiger partial charge is 0.329 e. The first-order valence-corrected chi connectivity index (χ1v) is 10.9. The summed E-state index contributed by atoms with van der Waals surface area (Å²) in [5, 5.41) is 0.387. The van der Waals surface area contributed by atoms with E-state index in [1.807, 2.05) is 24.3 Å². The molecule has 2 atom stereocenters. The molecule has 0 spiro atoms. The third kappa shape index (κ3) is 5.40. The van der Waals surface area contributed by atoms with Crippen LogP contribution in [0.3, 0.4) is 0 Å². The number of hydrogen-bond donors (Lipinski definition) is 0. The average molecular weight is 398 g/mol. The van der Waals surface area contributed by atoms with Crippen molar-refractivity contribution in [1.29, 1.82) is 0 Å². The number of thioether (sulfide) groups is 1. The van der Waals surface area contributed by atoms with E-state index >= 15 is 0 Å². The number of halogens is 1. The summed E-state index contributed by atoms with van der Waals surface area (Å²) in [6.07, 6.45) is 5.16. The van der Waals surface area contributed by atoms with E-state index in [2.05, 4.69) is 13.8 Å². The van der Waals surface area contributed by atoms with Gasteiger partial charge in [-0.1, -0.05) is 62.9 Å². The molecule has 0 saturated carbocycles. The molecule has 0 bridgehead atoms. The zero-order valence-corrected chi connectivity index (χ0v) is 17.2. The van der Waals surface area contributed by atoms with Crippen LogP contribution in [-0.2, 0) is 14.3 Å². The first kappa shape index (κ1) is 21.1. The van der Waals surface area contributed by atoms with E-state index in [-0.39, 0.29) is 17.3 Å². The van der Waals surface area contributed by atoms with Crippen LogP contribution in [0.4, 0.5) is 0 Å². The molecule has 6 heteroatoms. The molecule has 0 N–H and O–H groups in total. The third-order valence-corrected chi connectivity index (χ3v) is 6.12. The molecule has 2 rings (SSSR count). The van der Waals surface area contributed by atoms with Gasteiger partial charge in [0.2, 0.25) is 5.91 Å². The fraction of sp³-hybridized carbons (Fsp3) is 0.600. The van der Waals surface area contributed by atoms with Gasteiger partial charge >= 0.3 is 5.97 Å². The maximum absolute atomic E-state index is 12.9. The topological polar surface area (TPSA) is 46.6 Å². The van der Waals surface area contributed by atoms with Gasteiger partial charge in [-0.3, -0.25) is 4.79 Å². The van der Waals surface area contributed by atoms with Crippen LogP contribution >= 0.6 is 23.4 Å². The molecular formula is C20H28ClNO3S. The van der Waals surface area contributed by atoms with Gasteiger partial charge in [0.15, 0.2) is 0 Å². The zero-order chi connectivity index (χ0) is 18.9. The third-order valence-electron chi connectivity index (χ3n) is 4.47. The first-order valence-electron chi connectivity index (χ1n) is 9.44. The summed E-state index contributed by atoms with van der Waals surface area (Å²) < 4.78 is 5.41. The Bertz CT molecular complexity index is 610. The number of unbranched alkanes of at least 4 members (excludes halogenated alkanes) is 3. The molecule has 1 aromatic carbocycles. The maximum Gasteiger partial charge on any atom is 0.329 e. The highest BCUT2D eigenvalue weighted by Gasteiger charge is 2.43. The Kier molecular flexibility index (Phi) is 8.79. The minimum absolute atomic E-state index is 0.00538. The molecule has 26 heavy (non-hydrogen) atoms. The summed E-state index contributed by atoms with van der Waals surface area (Å²) in [4.78, 5) is 27.2. The summed E-state index contributed by atoms with van der Waals surface area (Å²) >= 11 is 7.94. The van der Waals surface area contributed by atoms with Crippen LogP contribution in [0.2, 0.25) is 5.02 Å². The quantitative estimate of drug-likeness (QED) is 0.424. The number of carbonyl (C=O) groups excluding carboxylic acids is 2. The van der Waals surface area contributed by atoms with Crippen LogP contribution in [0, 0.1) is 0 Å². The van der Waals surface area contributed by atoms with Crippen molar-refractivity contribution in [1.82, 2.24) is 4.90 Å². The summed E-state index contributed by atoms with van der Waals surface area (Å²) in [5.74, 6) is 0.246. The van der Waals surface area contributed by atoms with Crippen LogP contribution in [0.1, 0.15) is 63.3 Å². The van der Waals surface area contributed by atoms with Gasteiger partial charge in [-0.05, 0) is 18.9 Å². The van der Waals surface area contributed by atoms with Gasteiger partial charge in [0, 0.05) is 22.8 Å². The summed E-state index contributed by atoms with van der Waals surface area (Å²) in [6, 6.07) is 7.00. The predicted molar refractivity (Wildman–Crippen MR) is 107 cm³/mol. The van der Waals surface area contributed by atoms with Gasteiger partial charge in [-0.25, -0.2) is 4.79 Å². The van der Waals surface area contributed by atoms with Crippen molar-refractivity contribution in [3.05, 3.63) is 34.9 Å². The van der Waals surface area contributed by atoms with Crippen molar-refractivity contribution in [2.45, 2.75) is 63.8 Å². The van der Waals surface area contributed by atoms with Crippen LogP contribution in [0.5, 0.6) is 0 Å². The fourth-order valence-electron chi connectivity index (χ4n) is 2.98. The Morgan fingerprint density at radius 2 is 1.92 bits per heavy atom. The standard InChI is InChI=1S/C20H28ClNO3S/c1-3-5-7-12-18(23)22-17(20(24)25-13-6-4-2)14-26-19(22)15-10-8-9-11-16(15)21/h8-11,17,19H,3-7,12-14H2,1-2H3/t17-,19+/m0/s1. The molecule has 1 amide bonds. The normalized spacial score (nSPS) is 19.6. The lowest BCUT2D eigenvalue weighted by Gasteiger charge is -2.29. The second-order valence-electron chi connectivity index (χ2n) is 6.50. The molecule has 1 aliphatic heterocycles. The molecule has 1 aliphatic rings. The van der Waals surface area contributed by atoms with Gasteiger partial charge in [-0.15, -0.1) is 11.8 Å². The van der Waals surface area contributed by atoms with E-state index in [0.29, 0.717) is 23.8 Å². The van der Waals surface area contributed by atoms with Crippen molar-refractivity contribution >= 4 is 35.2 Å². The van der Waals surface area contributed by atoms with Crippen molar-refractivity contribution in [2.75, 3.05) is 12.4 Å². The lowest BCUT2D eigenvalue weighted by Crippen LogP contribution is -2.43. The van der Waals surface area contributed by atoms with Gasteiger partial charge in [0.05, 0.1) is 6.61 Å². The lowest BCUT2D eigenvalue weighted by molar-refractivity contribution is -0.154. The Morgan fingerprint density at radius 1 is 1.19 bits per heavy atom. The Morgan fingerprint density at radius 3 is 2.62 bits per heavy atom. The van der Waals surface area contributed by atoms with E-state index in [9.17, 15) is 9.59 Å². The van der Waals surface area contributed by atoms with Crippen molar-refractivity contribution in [3.8, 4) is 0 Å². The highest BCUT2D eigenvalue weighted by molar-refractivity contribution is 7.99. The predicted octanol–water partition coefficient (Wildman–Crippen LogP) is 5.21. The highest BCUT2D eigenvalue weighted by Crippen LogP contribution is 2.44. The number of benzene rings is 1. The first-order chi connectivity index (χ1) is 12.6. The molecule has 144 valence electrons.